The van der Waals surface area contributed by atoms with Crippen molar-refractivity contribution in [2.45, 2.75) is 49.5 Å². The SMILES string of the molecule is N[C@H]1Cc2cccc(c2)Oc2cccc(c2)C[C@@H](C(=O)NCC(F)(F)F)NC[C@@](C=O)(CCc2ccccc2)NC1=O. The molecule has 3 atom stereocenters. The van der Waals surface area contributed by atoms with Crippen molar-refractivity contribution >= 4 is 18.1 Å². The number of carbonyl (C=O) groups excluding carboxylic acids is 3. The maximum Gasteiger partial charge on any atom is 0.405 e. The number of nitrogens with one attached hydrogen (secondary N) is 3. The summed E-state index contributed by atoms with van der Waals surface area (Å²) in [4.78, 5) is 38.9. The fourth-order valence-electron chi connectivity index (χ4n) is 4.74. The minimum atomic E-state index is -4.61. The van der Waals surface area contributed by atoms with Crippen LogP contribution in [0.15, 0.2) is 78.9 Å². The van der Waals surface area contributed by atoms with Gasteiger partial charge in [-0.25, -0.2) is 0 Å². The van der Waals surface area contributed by atoms with Gasteiger partial charge in [-0.2, -0.15) is 13.2 Å². The molecule has 3 aromatic carbocycles. The van der Waals surface area contributed by atoms with Gasteiger partial charge in [0.25, 0.3) is 0 Å². The topological polar surface area (TPSA) is 123 Å². The molecule has 8 nitrogen and oxygen atoms in total. The smallest absolute Gasteiger partial charge is 0.405 e. The van der Waals surface area contributed by atoms with E-state index in [0.717, 1.165) is 11.1 Å². The molecule has 11 heteroatoms. The van der Waals surface area contributed by atoms with Gasteiger partial charge in [0, 0.05) is 6.54 Å². The first-order valence-electron chi connectivity index (χ1n) is 13.6. The first kappa shape index (κ1) is 30.7. The number of halogens is 3. The molecule has 2 amide bonds. The van der Waals surface area contributed by atoms with Crippen molar-refractivity contribution in [1.82, 2.24) is 16.0 Å². The van der Waals surface area contributed by atoms with Crippen molar-refractivity contribution in [1.29, 1.82) is 0 Å². The zero-order valence-corrected chi connectivity index (χ0v) is 22.8. The maximum atomic E-state index is 13.3. The zero-order valence-electron chi connectivity index (χ0n) is 22.8. The lowest BCUT2D eigenvalue weighted by atomic mass is 9.90. The molecule has 222 valence electrons. The summed E-state index contributed by atoms with van der Waals surface area (Å²) in [6.45, 7) is -1.74. The van der Waals surface area contributed by atoms with E-state index in [1.807, 2.05) is 41.7 Å². The molecule has 5 N–H and O–H groups in total. The van der Waals surface area contributed by atoms with Gasteiger partial charge in [0.1, 0.15) is 29.9 Å². The number of nitrogens with two attached hydrogens (primary N) is 1. The number of fused-ring (bicyclic) bond motifs is 4. The highest BCUT2D eigenvalue weighted by Gasteiger charge is 2.36. The third-order valence-electron chi connectivity index (χ3n) is 7.01. The van der Waals surface area contributed by atoms with Gasteiger partial charge < -0.3 is 31.2 Å². The summed E-state index contributed by atoms with van der Waals surface area (Å²) in [7, 11) is 0. The minimum absolute atomic E-state index is 0.0119. The summed E-state index contributed by atoms with van der Waals surface area (Å²) in [5, 5.41) is 7.66. The number of hydrogen-bond acceptors (Lipinski definition) is 6. The number of rotatable bonds is 6. The molecule has 0 aliphatic carbocycles. The van der Waals surface area contributed by atoms with E-state index in [-0.39, 0.29) is 25.8 Å². The Balaban J connectivity index is 1.69. The Morgan fingerprint density at radius 2 is 1.64 bits per heavy atom. The Bertz CT molecular complexity index is 1390. The van der Waals surface area contributed by atoms with Gasteiger partial charge in [-0.3, -0.25) is 9.59 Å². The van der Waals surface area contributed by atoms with E-state index >= 15 is 0 Å². The highest BCUT2D eigenvalue weighted by atomic mass is 19.4. The second-order valence-corrected chi connectivity index (χ2v) is 10.4. The predicted octanol–water partition coefficient (Wildman–Crippen LogP) is 3.23. The molecule has 1 heterocycles. The molecular formula is C31H33F3N4O4. The standard InChI is InChI=1S/C31H33F3N4O4/c32-31(33,34)19-37-29(41)27-17-23-9-5-11-25(15-23)42-24-10-4-8-22(14-24)16-26(35)28(40)38-30(20-39,18-36-27)13-12-21-6-2-1-3-7-21/h1-11,14-15,20,26-27,36H,12-13,16-19,35H2,(H,37,41)(H,38,40)/t26-,27-,30+/m0/s1. The molecule has 3 aromatic rings. The molecule has 1 aliphatic rings. The van der Waals surface area contributed by atoms with Crippen molar-refractivity contribution in [3.05, 3.63) is 95.6 Å². The number of ether oxygens (including phenoxy) is 1. The van der Waals surface area contributed by atoms with Gasteiger partial charge in [0.05, 0.1) is 12.1 Å². The first-order valence-corrected chi connectivity index (χ1v) is 13.6. The molecule has 0 saturated carbocycles. The number of aryl methyl sites for hydroxylation is 1. The largest absolute Gasteiger partial charge is 0.457 e. The first-order chi connectivity index (χ1) is 20.0. The quantitative estimate of drug-likeness (QED) is 0.331. The van der Waals surface area contributed by atoms with Gasteiger partial charge in [0.15, 0.2) is 0 Å². The molecule has 0 saturated heterocycles. The third kappa shape index (κ3) is 8.89. The van der Waals surface area contributed by atoms with Crippen molar-refractivity contribution in [3.8, 4) is 11.5 Å². The molecule has 0 spiro atoms. The van der Waals surface area contributed by atoms with E-state index in [0.29, 0.717) is 29.8 Å². The predicted molar refractivity (Wildman–Crippen MR) is 151 cm³/mol. The monoisotopic (exact) mass is 582 g/mol. The molecule has 0 fully saturated rings. The number of alkyl halides is 3. The average Bonchev–Trinajstić information content (AvgIpc) is 2.96. The van der Waals surface area contributed by atoms with Crippen molar-refractivity contribution < 1.29 is 32.3 Å². The second-order valence-electron chi connectivity index (χ2n) is 10.4. The molecule has 4 bridgehead atoms. The Morgan fingerprint density at radius 1 is 1.00 bits per heavy atom. The summed E-state index contributed by atoms with van der Waals surface area (Å²) < 4.78 is 44.7. The van der Waals surface area contributed by atoms with E-state index in [4.69, 9.17) is 10.5 Å². The third-order valence-corrected chi connectivity index (χ3v) is 7.01. The Hall–Kier alpha value is -4.22. The number of benzene rings is 3. The van der Waals surface area contributed by atoms with Crippen LogP contribution < -0.4 is 26.4 Å². The normalized spacial score (nSPS) is 21.5. The van der Waals surface area contributed by atoms with Crippen molar-refractivity contribution in [2.24, 2.45) is 5.73 Å². The van der Waals surface area contributed by atoms with Crippen LogP contribution in [0.4, 0.5) is 13.2 Å². The average molecular weight is 583 g/mol. The molecule has 0 radical (unpaired) electrons. The molecule has 42 heavy (non-hydrogen) atoms. The van der Waals surface area contributed by atoms with Crippen LogP contribution in [0.25, 0.3) is 0 Å². The van der Waals surface area contributed by atoms with E-state index in [1.165, 1.54) is 0 Å². The summed E-state index contributed by atoms with van der Waals surface area (Å²) in [6, 6.07) is 21.0. The number of carbonyl (C=O) groups is 3. The number of aldehydes is 1. The van der Waals surface area contributed by atoms with Gasteiger partial charge in [-0.1, -0.05) is 54.6 Å². The van der Waals surface area contributed by atoms with E-state index in [2.05, 4.69) is 10.6 Å². The Morgan fingerprint density at radius 3 is 2.26 bits per heavy atom. The minimum Gasteiger partial charge on any atom is -0.457 e. The summed E-state index contributed by atoms with van der Waals surface area (Å²) >= 11 is 0. The van der Waals surface area contributed by atoms with Gasteiger partial charge in [-0.05, 0) is 66.6 Å². The molecule has 0 aromatic heterocycles. The van der Waals surface area contributed by atoms with Gasteiger partial charge in [0.2, 0.25) is 11.8 Å². The van der Waals surface area contributed by atoms with Crippen LogP contribution in [0, 0.1) is 0 Å². The Kier molecular flexibility index (Phi) is 9.97. The molecule has 0 unspecified atom stereocenters. The summed E-state index contributed by atoms with van der Waals surface area (Å²) in [5.74, 6) is -0.539. The molecular weight excluding hydrogens is 549 g/mol. The van der Waals surface area contributed by atoms with Crippen LogP contribution in [0.5, 0.6) is 11.5 Å². The van der Waals surface area contributed by atoms with E-state index < -0.39 is 42.2 Å². The van der Waals surface area contributed by atoms with E-state index in [1.54, 1.807) is 42.5 Å². The van der Waals surface area contributed by atoms with Crippen LogP contribution in [-0.4, -0.2) is 55.0 Å². The second kappa shape index (κ2) is 13.6. The Labute approximate surface area is 241 Å². The lowest BCUT2D eigenvalue weighted by Crippen LogP contribution is -2.62. The summed E-state index contributed by atoms with van der Waals surface area (Å²) in [6.07, 6.45) is -3.31. The van der Waals surface area contributed by atoms with Crippen LogP contribution >= 0.6 is 0 Å². The number of amides is 2. The lowest BCUT2D eigenvalue weighted by molar-refractivity contribution is -0.139. The van der Waals surface area contributed by atoms with Crippen molar-refractivity contribution in [2.75, 3.05) is 13.1 Å². The van der Waals surface area contributed by atoms with Crippen LogP contribution in [0.1, 0.15) is 23.1 Å². The highest BCUT2D eigenvalue weighted by molar-refractivity contribution is 5.86. The fourth-order valence-corrected chi connectivity index (χ4v) is 4.74. The molecule has 4 rings (SSSR count). The van der Waals surface area contributed by atoms with Crippen molar-refractivity contribution in [3.63, 3.8) is 0 Å². The lowest BCUT2D eigenvalue weighted by Gasteiger charge is -2.33. The maximum absolute atomic E-state index is 13.3. The fraction of sp³-hybridized carbons (Fsp3) is 0.323. The van der Waals surface area contributed by atoms with Gasteiger partial charge >= 0.3 is 6.18 Å². The number of hydrogen-bond donors (Lipinski definition) is 4. The summed E-state index contributed by atoms with van der Waals surface area (Å²) in [5.41, 5.74) is 7.03. The van der Waals surface area contributed by atoms with Gasteiger partial charge in [-0.15, -0.1) is 0 Å². The highest BCUT2D eigenvalue weighted by Crippen LogP contribution is 2.25. The van der Waals surface area contributed by atoms with Crippen LogP contribution in [-0.2, 0) is 33.6 Å². The van der Waals surface area contributed by atoms with Crippen LogP contribution in [0.2, 0.25) is 0 Å². The van der Waals surface area contributed by atoms with E-state index in [9.17, 15) is 27.6 Å². The zero-order chi connectivity index (χ0) is 30.2. The molecule has 1 aliphatic heterocycles. The van der Waals surface area contributed by atoms with Crippen LogP contribution in [0.3, 0.4) is 0 Å².